The SMILES string of the molecule is c1ccc(-c2ccccc2-c2ccccc2-c2ccccc2N(c2ccccc2)c2cccc(-c3ccc4c(c3)c3ccccc3n4-c3ccccc3)c2)cc1. The highest BCUT2D eigenvalue weighted by atomic mass is 15.1. The first kappa shape index (κ1) is 33.2. The van der Waals surface area contributed by atoms with E-state index in [1.165, 1.54) is 55.2 Å². The van der Waals surface area contributed by atoms with Crippen LogP contribution in [-0.4, -0.2) is 4.57 Å². The molecule has 0 saturated heterocycles. The average molecular weight is 715 g/mol. The predicted octanol–water partition coefficient (Wildman–Crippen LogP) is 14.9. The highest BCUT2D eigenvalue weighted by molar-refractivity contribution is 6.10. The number of fused-ring (bicyclic) bond motifs is 3. The van der Waals surface area contributed by atoms with Gasteiger partial charge in [-0.2, -0.15) is 0 Å². The first-order valence-corrected chi connectivity index (χ1v) is 19.2. The lowest BCUT2D eigenvalue weighted by atomic mass is 9.88. The normalized spacial score (nSPS) is 11.2. The maximum absolute atomic E-state index is 2.40. The second-order valence-corrected chi connectivity index (χ2v) is 14.1. The summed E-state index contributed by atoms with van der Waals surface area (Å²) in [6, 6.07) is 83.0. The van der Waals surface area contributed by atoms with E-state index >= 15 is 0 Å². The zero-order valence-electron chi connectivity index (χ0n) is 30.8. The Hall–Kier alpha value is -7.42. The van der Waals surface area contributed by atoms with Gasteiger partial charge in [-0.1, -0.05) is 170 Å². The maximum Gasteiger partial charge on any atom is 0.0541 e. The second kappa shape index (κ2) is 14.4. The Morgan fingerprint density at radius 1 is 0.286 bits per heavy atom. The molecule has 0 fully saturated rings. The summed E-state index contributed by atoms with van der Waals surface area (Å²) in [5, 5.41) is 2.49. The van der Waals surface area contributed by atoms with Crippen LogP contribution in [0.4, 0.5) is 17.1 Å². The highest BCUT2D eigenvalue weighted by Gasteiger charge is 2.21. The zero-order chi connectivity index (χ0) is 37.3. The fourth-order valence-corrected chi connectivity index (χ4v) is 8.27. The number of hydrogen-bond acceptors (Lipinski definition) is 1. The third-order valence-corrected chi connectivity index (χ3v) is 10.8. The van der Waals surface area contributed by atoms with Crippen LogP contribution in [0.2, 0.25) is 0 Å². The van der Waals surface area contributed by atoms with Gasteiger partial charge in [-0.3, -0.25) is 0 Å². The summed E-state index contributed by atoms with van der Waals surface area (Å²) in [5.41, 5.74) is 16.4. The third kappa shape index (κ3) is 5.95. The van der Waals surface area contributed by atoms with Gasteiger partial charge in [0.05, 0.1) is 16.7 Å². The Balaban J connectivity index is 1.12. The molecule has 0 saturated carbocycles. The van der Waals surface area contributed by atoms with Crippen molar-refractivity contribution in [3.05, 3.63) is 231 Å². The number of benzene rings is 9. The van der Waals surface area contributed by atoms with Crippen LogP contribution in [-0.2, 0) is 0 Å². The van der Waals surface area contributed by atoms with Crippen molar-refractivity contribution in [2.75, 3.05) is 4.90 Å². The van der Waals surface area contributed by atoms with Gasteiger partial charge in [0.15, 0.2) is 0 Å². The van der Waals surface area contributed by atoms with Gasteiger partial charge < -0.3 is 9.47 Å². The van der Waals surface area contributed by atoms with Crippen LogP contribution in [0.25, 0.3) is 72.0 Å². The Labute approximate surface area is 327 Å². The van der Waals surface area contributed by atoms with Crippen LogP contribution in [0.1, 0.15) is 0 Å². The molecular weight excluding hydrogens is 677 g/mol. The van der Waals surface area contributed by atoms with Gasteiger partial charge in [-0.15, -0.1) is 0 Å². The van der Waals surface area contributed by atoms with E-state index in [1.54, 1.807) is 0 Å². The standard InChI is InChI=1S/C54H38N2/c1-4-19-39(20-5-1)45-27-10-11-28-46(45)47-29-12-13-30-48(47)49-31-14-16-33-52(49)55(42-22-6-2-7-23-42)44-26-18-21-40(37-44)41-35-36-54-51(38-41)50-32-15-17-34-53(50)56(54)43-24-8-3-9-25-43/h1-38H. The summed E-state index contributed by atoms with van der Waals surface area (Å²) < 4.78 is 2.37. The van der Waals surface area contributed by atoms with E-state index in [2.05, 4.69) is 240 Å². The number of hydrogen-bond donors (Lipinski definition) is 0. The molecule has 9 aromatic carbocycles. The lowest BCUT2D eigenvalue weighted by molar-refractivity contribution is 1.18. The van der Waals surface area contributed by atoms with Crippen molar-refractivity contribution in [3.63, 3.8) is 0 Å². The van der Waals surface area contributed by atoms with Crippen LogP contribution in [0.3, 0.4) is 0 Å². The topological polar surface area (TPSA) is 8.17 Å². The quantitative estimate of drug-likeness (QED) is 0.152. The summed E-state index contributed by atoms with van der Waals surface area (Å²) in [6.45, 7) is 0. The Kier molecular flexibility index (Phi) is 8.55. The number of aromatic nitrogens is 1. The summed E-state index contributed by atoms with van der Waals surface area (Å²) in [4.78, 5) is 2.40. The van der Waals surface area contributed by atoms with Crippen LogP contribution < -0.4 is 4.90 Å². The van der Waals surface area contributed by atoms with Gasteiger partial charge in [-0.05, 0) is 99.6 Å². The molecule has 0 aliphatic carbocycles. The molecule has 0 radical (unpaired) electrons. The summed E-state index contributed by atoms with van der Waals surface area (Å²) in [7, 11) is 0. The predicted molar refractivity (Wildman–Crippen MR) is 237 cm³/mol. The molecular formula is C54H38N2. The van der Waals surface area contributed by atoms with Crippen LogP contribution in [0.5, 0.6) is 0 Å². The van der Waals surface area contributed by atoms with Gasteiger partial charge in [-0.25, -0.2) is 0 Å². The van der Waals surface area contributed by atoms with E-state index in [-0.39, 0.29) is 0 Å². The molecule has 0 spiro atoms. The van der Waals surface area contributed by atoms with Crippen molar-refractivity contribution in [3.8, 4) is 50.2 Å². The third-order valence-electron chi connectivity index (χ3n) is 10.8. The first-order valence-electron chi connectivity index (χ1n) is 19.2. The van der Waals surface area contributed by atoms with Gasteiger partial charge in [0, 0.05) is 33.4 Å². The van der Waals surface area contributed by atoms with Gasteiger partial charge in [0.25, 0.3) is 0 Å². The van der Waals surface area contributed by atoms with E-state index in [1.807, 2.05) is 0 Å². The average Bonchev–Trinajstić information content (AvgIpc) is 3.61. The molecule has 0 atom stereocenters. The lowest BCUT2D eigenvalue weighted by Gasteiger charge is -2.29. The van der Waals surface area contributed by atoms with Crippen molar-refractivity contribution in [2.45, 2.75) is 0 Å². The Morgan fingerprint density at radius 3 is 1.54 bits per heavy atom. The Bertz CT molecular complexity index is 2960. The molecule has 0 amide bonds. The molecule has 0 aliphatic heterocycles. The van der Waals surface area contributed by atoms with Gasteiger partial charge in [0.1, 0.15) is 0 Å². The molecule has 10 rings (SSSR count). The fourth-order valence-electron chi connectivity index (χ4n) is 8.27. The van der Waals surface area contributed by atoms with E-state index in [9.17, 15) is 0 Å². The van der Waals surface area contributed by atoms with E-state index < -0.39 is 0 Å². The number of nitrogens with zero attached hydrogens (tertiary/aromatic N) is 2. The van der Waals surface area contributed by atoms with Gasteiger partial charge >= 0.3 is 0 Å². The van der Waals surface area contributed by atoms with E-state index in [0.29, 0.717) is 0 Å². The number of rotatable bonds is 8. The molecule has 0 bridgehead atoms. The molecule has 264 valence electrons. The van der Waals surface area contributed by atoms with E-state index in [4.69, 9.17) is 0 Å². The molecule has 10 aromatic rings. The van der Waals surface area contributed by atoms with Crippen molar-refractivity contribution < 1.29 is 0 Å². The van der Waals surface area contributed by atoms with Crippen molar-refractivity contribution in [1.29, 1.82) is 0 Å². The van der Waals surface area contributed by atoms with Crippen molar-refractivity contribution in [2.24, 2.45) is 0 Å². The van der Waals surface area contributed by atoms with Gasteiger partial charge in [0.2, 0.25) is 0 Å². The molecule has 2 heteroatoms. The minimum atomic E-state index is 1.09. The minimum Gasteiger partial charge on any atom is -0.310 e. The summed E-state index contributed by atoms with van der Waals surface area (Å²) in [5.74, 6) is 0. The molecule has 0 aliphatic rings. The van der Waals surface area contributed by atoms with Crippen LogP contribution >= 0.6 is 0 Å². The first-order chi connectivity index (χ1) is 27.8. The number of para-hydroxylation sites is 4. The molecule has 1 aromatic heterocycles. The number of anilines is 3. The fraction of sp³-hybridized carbons (Fsp3) is 0. The monoisotopic (exact) mass is 714 g/mol. The van der Waals surface area contributed by atoms with Crippen molar-refractivity contribution in [1.82, 2.24) is 4.57 Å². The molecule has 1 heterocycles. The largest absolute Gasteiger partial charge is 0.310 e. The van der Waals surface area contributed by atoms with Crippen molar-refractivity contribution >= 4 is 38.9 Å². The smallest absolute Gasteiger partial charge is 0.0541 e. The minimum absolute atomic E-state index is 1.09. The second-order valence-electron chi connectivity index (χ2n) is 14.1. The zero-order valence-corrected chi connectivity index (χ0v) is 30.8. The summed E-state index contributed by atoms with van der Waals surface area (Å²) in [6.07, 6.45) is 0. The highest BCUT2D eigenvalue weighted by Crippen LogP contribution is 2.46. The molecule has 56 heavy (non-hydrogen) atoms. The summed E-state index contributed by atoms with van der Waals surface area (Å²) >= 11 is 0. The molecule has 0 unspecified atom stereocenters. The van der Waals surface area contributed by atoms with E-state index in [0.717, 1.165) is 33.9 Å². The lowest BCUT2D eigenvalue weighted by Crippen LogP contribution is -2.11. The molecule has 2 nitrogen and oxygen atoms in total. The molecule has 0 N–H and O–H groups in total. The maximum atomic E-state index is 2.40. The van der Waals surface area contributed by atoms with Crippen LogP contribution in [0.15, 0.2) is 231 Å². The Morgan fingerprint density at radius 2 is 0.786 bits per heavy atom. The van der Waals surface area contributed by atoms with Crippen LogP contribution in [0, 0.1) is 0 Å².